The first-order valence-electron chi connectivity index (χ1n) is 6.24. The van der Waals surface area contributed by atoms with Crippen LogP contribution in [-0.2, 0) is 9.53 Å². The maximum Gasteiger partial charge on any atom is 0.407 e. The van der Waals surface area contributed by atoms with Crippen molar-refractivity contribution in [3.05, 3.63) is 30.1 Å². The van der Waals surface area contributed by atoms with Gasteiger partial charge in [-0.3, -0.25) is 9.78 Å². The molecular weight excluding hydrogens is 246 g/mol. The summed E-state index contributed by atoms with van der Waals surface area (Å²) in [4.78, 5) is 26.8. The quantitative estimate of drug-likeness (QED) is 0.814. The molecule has 0 saturated carbocycles. The summed E-state index contributed by atoms with van der Waals surface area (Å²) >= 11 is 0. The number of hydrogen-bond acceptors (Lipinski definition) is 4. The standard InChI is InChI=1S/C13H19N3O3/c1-3-19-13(18)15-9-7-12(17)16-10(2)11-6-4-5-8-14-11/h4-6,8,10H,3,7,9H2,1-2H3,(H,15,18)(H,16,17)/t10-/m0/s1. The van der Waals surface area contributed by atoms with E-state index in [-0.39, 0.29) is 24.9 Å². The molecule has 0 bridgehead atoms. The number of carbonyl (C=O) groups is 2. The van der Waals surface area contributed by atoms with Crippen LogP contribution in [0.4, 0.5) is 4.79 Å². The first kappa shape index (κ1) is 14.9. The van der Waals surface area contributed by atoms with Crippen molar-refractivity contribution in [3.8, 4) is 0 Å². The van der Waals surface area contributed by atoms with E-state index in [4.69, 9.17) is 0 Å². The van der Waals surface area contributed by atoms with E-state index >= 15 is 0 Å². The summed E-state index contributed by atoms with van der Waals surface area (Å²) < 4.78 is 4.68. The second-order valence-electron chi connectivity index (χ2n) is 3.94. The van der Waals surface area contributed by atoms with Gasteiger partial charge < -0.3 is 15.4 Å². The summed E-state index contributed by atoms with van der Waals surface area (Å²) in [5.74, 6) is -0.144. The number of hydrogen-bond donors (Lipinski definition) is 2. The molecule has 19 heavy (non-hydrogen) atoms. The summed E-state index contributed by atoms with van der Waals surface area (Å²) in [6.45, 7) is 4.15. The molecule has 1 atom stereocenters. The van der Waals surface area contributed by atoms with Crippen LogP contribution in [0.1, 0.15) is 32.0 Å². The normalized spacial score (nSPS) is 11.5. The Labute approximate surface area is 112 Å². The Kier molecular flexibility index (Phi) is 6.35. The number of alkyl carbamates (subject to hydrolysis) is 1. The molecule has 1 aromatic heterocycles. The van der Waals surface area contributed by atoms with Crippen LogP contribution in [0.3, 0.4) is 0 Å². The van der Waals surface area contributed by atoms with Crippen LogP contribution >= 0.6 is 0 Å². The highest BCUT2D eigenvalue weighted by Crippen LogP contribution is 2.07. The van der Waals surface area contributed by atoms with E-state index in [0.29, 0.717) is 6.61 Å². The number of amides is 2. The summed E-state index contributed by atoms with van der Waals surface area (Å²) in [5, 5.41) is 5.30. The molecule has 0 aromatic carbocycles. The zero-order chi connectivity index (χ0) is 14.1. The van der Waals surface area contributed by atoms with Crippen molar-refractivity contribution >= 4 is 12.0 Å². The topological polar surface area (TPSA) is 80.3 Å². The van der Waals surface area contributed by atoms with Gasteiger partial charge >= 0.3 is 6.09 Å². The van der Waals surface area contributed by atoms with Crippen molar-refractivity contribution in [3.63, 3.8) is 0 Å². The molecule has 2 N–H and O–H groups in total. The van der Waals surface area contributed by atoms with E-state index < -0.39 is 6.09 Å². The third-order valence-electron chi connectivity index (χ3n) is 2.41. The Bertz CT molecular complexity index is 409. The third kappa shape index (κ3) is 5.85. The van der Waals surface area contributed by atoms with Gasteiger partial charge in [-0.1, -0.05) is 6.07 Å². The first-order chi connectivity index (χ1) is 9.13. The van der Waals surface area contributed by atoms with Crippen molar-refractivity contribution in [1.82, 2.24) is 15.6 Å². The van der Waals surface area contributed by atoms with Crippen molar-refractivity contribution in [2.75, 3.05) is 13.2 Å². The van der Waals surface area contributed by atoms with Crippen LogP contribution in [-0.4, -0.2) is 30.1 Å². The van der Waals surface area contributed by atoms with Gasteiger partial charge in [0.2, 0.25) is 5.91 Å². The van der Waals surface area contributed by atoms with E-state index in [2.05, 4.69) is 20.4 Å². The van der Waals surface area contributed by atoms with Crippen molar-refractivity contribution < 1.29 is 14.3 Å². The highest BCUT2D eigenvalue weighted by atomic mass is 16.5. The lowest BCUT2D eigenvalue weighted by Gasteiger charge is -2.13. The lowest BCUT2D eigenvalue weighted by atomic mass is 10.2. The van der Waals surface area contributed by atoms with Crippen LogP contribution in [0.15, 0.2) is 24.4 Å². The molecule has 2 amide bonds. The van der Waals surface area contributed by atoms with Gasteiger partial charge in [-0.05, 0) is 26.0 Å². The molecule has 1 rings (SSSR count). The van der Waals surface area contributed by atoms with E-state index in [1.807, 2.05) is 25.1 Å². The van der Waals surface area contributed by atoms with E-state index in [1.165, 1.54) is 0 Å². The smallest absolute Gasteiger partial charge is 0.407 e. The minimum Gasteiger partial charge on any atom is -0.450 e. The van der Waals surface area contributed by atoms with Crippen molar-refractivity contribution in [1.29, 1.82) is 0 Å². The molecule has 0 aliphatic carbocycles. The largest absolute Gasteiger partial charge is 0.450 e. The average Bonchev–Trinajstić information content (AvgIpc) is 2.40. The van der Waals surface area contributed by atoms with Crippen LogP contribution in [0.2, 0.25) is 0 Å². The molecule has 0 radical (unpaired) electrons. The lowest BCUT2D eigenvalue weighted by Crippen LogP contribution is -2.32. The minimum atomic E-state index is -0.506. The third-order valence-corrected chi connectivity index (χ3v) is 2.41. The van der Waals surface area contributed by atoms with Gasteiger partial charge in [0.15, 0.2) is 0 Å². The SMILES string of the molecule is CCOC(=O)NCCC(=O)N[C@@H](C)c1ccccn1. The molecule has 0 fully saturated rings. The number of carbonyl (C=O) groups excluding carboxylic acids is 2. The van der Waals surface area contributed by atoms with Gasteiger partial charge in [0, 0.05) is 19.2 Å². The highest BCUT2D eigenvalue weighted by Gasteiger charge is 2.10. The average molecular weight is 265 g/mol. The predicted molar refractivity (Wildman–Crippen MR) is 70.4 cm³/mol. The molecule has 1 aromatic rings. The first-order valence-corrected chi connectivity index (χ1v) is 6.24. The summed E-state index contributed by atoms with van der Waals surface area (Å²) in [5.41, 5.74) is 0.800. The van der Waals surface area contributed by atoms with Gasteiger partial charge in [0.1, 0.15) is 0 Å². The molecule has 6 heteroatoms. The van der Waals surface area contributed by atoms with E-state index in [9.17, 15) is 9.59 Å². The number of ether oxygens (including phenoxy) is 1. The molecule has 1 heterocycles. The molecule has 0 saturated heterocycles. The fourth-order valence-electron chi connectivity index (χ4n) is 1.48. The molecular formula is C13H19N3O3. The summed E-state index contributed by atoms with van der Waals surface area (Å²) in [6.07, 6.45) is 1.38. The fraction of sp³-hybridized carbons (Fsp3) is 0.462. The van der Waals surface area contributed by atoms with Gasteiger partial charge in [-0.2, -0.15) is 0 Å². The van der Waals surface area contributed by atoms with Gasteiger partial charge in [0.05, 0.1) is 18.3 Å². The van der Waals surface area contributed by atoms with Crippen LogP contribution < -0.4 is 10.6 Å². The minimum absolute atomic E-state index is 0.144. The Hall–Kier alpha value is -2.11. The van der Waals surface area contributed by atoms with Gasteiger partial charge in [-0.15, -0.1) is 0 Å². The van der Waals surface area contributed by atoms with E-state index in [0.717, 1.165) is 5.69 Å². The summed E-state index contributed by atoms with van der Waals surface area (Å²) in [6, 6.07) is 5.38. The number of nitrogens with zero attached hydrogens (tertiary/aromatic N) is 1. The second kappa shape index (κ2) is 8.07. The molecule has 0 unspecified atom stereocenters. The zero-order valence-corrected chi connectivity index (χ0v) is 11.2. The predicted octanol–water partition coefficient (Wildman–Crippen LogP) is 1.39. The number of aromatic nitrogens is 1. The van der Waals surface area contributed by atoms with Gasteiger partial charge in [-0.25, -0.2) is 4.79 Å². The lowest BCUT2D eigenvalue weighted by molar-refractivity contribution is -0.121. The Morgan fingerprint density at radius 2 is 2.21 bits per heavy atom. The molecule has 6 nitrogen and oxygen atoms in total. The molecule has 104 valence electrons. The Balaban J connectivity index is 2.26. The second-order valence-corrected chi connectivity index (χ2v) is 3.94. The van der Waals surface area contributed by atoms with Crippen LogP contribution in [0, 0.1) is 0 Å². The molecule has 0 aliphatic heterocycles. The maximum atomic E-state index is 11.6. The molecule has 0 spiro atoms. The Morgan fingerprint density at radius 1 is 1.42 bits per heavy atom. The Morgan fingerprint density at radius 3 is 2.84 bits per heavy atom. The van der Waals surface area contributed by atoms with Crippen molar-refractivity contribution in [2.45, 2.75) is 26.3 Å². The van der Waals surface area contributed by atoms with Crippen molar-refractivity contribution in [2.24, 2.45) is 0 Å². The monoisotopic (exact) mass is 265 g/mol. The van der Waals surface area contributed by atoms with Crippen LogP contribution in [0.25, 0.3) is 0 Å². The fourth-order valence-corrected chi connectivity index (χ4v) is 1.48. The zero-order valence-electron chi connectivity index (χ0n) is 11.2. The van der Waals surface area contributed by atoms with E-state index in [1.54, 1.807) is 13.1 Å². The number of nitrogens with one attached hydrogen (secondary N) is 2. The number of pyridine rings is 1. The molecule has 0 aliphatic rings. The van der Waals surface area contributed by atoms with Gasteiger partial charge in [0.25, 0.3) is 0 Å². The number of rotatable bonds is 6. The maximum absolute atomic E-state index is 11.6. The van der Waals surface area contributed by atoms with Crippen LogP contribution in [0.5, 0.6) is 0 Å². The highest BCUT2D eigenvalue weighted by molar-refractivity contribution is 5.77. The summed E-state index contributed by atoms with van der Waals surface area (Å²) in [7, 11) is 0.